The third-order valence-corrected chi connectivity index (χ3v) is 5.65. The Labute approximate surface area is 146 Å². The summed E-state index contributed by atoms with van der Waals surface area (Å²) in [6.07, 6.45) is 12.9. The summed E-state index contributed by atoms with van der Waals surface area (Å²) in [4.78, 5) is 14.5. The molecule has 0 saturated heterocycles. The first kappa shape index (κ1) is 17.3. The van der Waals surface area contributed by atoms with Crippen LogP contribution in [-0.2, 0) is 11.2 Å². The van der Waals surface area contributed by atoms with Gasteiger partial charge in [0.1, 0.15) is 5.75 Å². The minimum Gasteiger partial charge on any atom is -0.490 e. The summed E-state index contributed by atoms with van der Waals surface area (Å²) in [5, 5.41) is 0. The first-order chi connectivity index (χ1) is 11.7. The summed E-state index contributed by atoms with van der Waals surface area (Å²) in [7, 11) is 1.98. The summed E-state index contributed by atoms with van der Waals surface area (Å²) in [5.41, 5.74) is 1.20. The molecule has 3 nitrogen and oxygen atoms in total. The lowest BCUT2D eigenvalue weighted by molar-refractivity contribution is -0.132. The van der Waals surface area contributed by atoms with Crippen molar-refractivity contribution >= 4 is 5.91 Å². The second kappa shape index (κ2) is 8.55. The van der Waals surface area contributed by atoms with Crippen molar-refractivity contribution in [2.24, 2.45) is 0 Å². The molecule has 2 aliphatic carbocycles. The van der Waals surface area contributed by atoms with Gasteiger partial charge >= 0.3 is 0 Å². The highest BCUT2D eigenvalue weighted by Gasteiger charge is 2.21. The second-order valence-electron chi connectivity index (χ2n) is 7.47. The van der Waals surface area contributed by atoms with Crippen LogP contribution >= 0.6 is 0 Å². The van der Waals surface area contributed by atoms with E-state index in [-0.39, 0.29) is 5.91 Å². The van der Waals surface area contributed by atoms with Gasteiger partial charge in [-0.25, -0.2) is 0 Å². The minimum atomic E-state index is 0.281. The Kier molecular flexibility index (Phi) is 6.17. The molecule has 2 aliphatic rings. The maximum absolute atomic E-state index is 12.5. The third kappa shape index (κ3) is 4.75. The van der Waals surface area contributed by atoms with Gasteiger partial charge in [-0.1, -0.05) is 31.4 Å². The van der Waals surface area contributed by atoms with Crippen LogP contribution in [0.4, 0.5) is 0 Å². The Morgan fingerprint density at radius 2 is 1.79 bits per heavy atom. The van der Waals surface area contributed by atoms with Crippen LogP contribution in [0.5, 0.6) is 5.75 Å². The number of hydrogen-bond acceptors (Lipinski definition) is 2. The van der Waals surface area contributed by atoms with Gasteiger partial charge in [-0.05, 0) is 62.6 Å². The Hall–Kier alpha value is -1.51. The molecule has 0 unspecified atom stereocenters. The molecule has 0 aliphatic heterocycles. The van der Waals surface area contributed by atoms with Crippen molar-refractivity contribution in [1.29, 1.82) is 0 Å². The lowest BCUT2D eigenvalue weighted by Crippen LogP contribution is -2.38. The highest BCUT2D eigenvalue weighted by molar-refractivity contribution is 5.76. The molecule has 132 valence electrons. The van der Waals surface area contributed by atoms with E-state index >= 15 is 0 Å². The SMILES string of the molecule is CN(C(=O)CCc1cccc(OC2CCCC2)c1)C1CCCCC1. The van der Waals surface area contributed by atoms with E-state index < -0.39 is 0 Å². The van der Waals surface area contributed by atoms with Crippen molar-refractivity contribution < 1.29 is 9.53 Å². The molecule has 1 aromatic carbocycles. The monoisotopic (exact) mass is 329 g/mol. The number of amides is 1. The molecule has 24 heavy (non-hydrogen) atoms. The topological polar surface area (TPSA) is 29.5 Å². The van der Waals surface area contributed by atoms with Gasteiger partial charge in [0, 0.05) is 19.5 Å². The molecule has 1 amide bonds. The average Bonchev–Trinajstić information content (AvgIpc) is 3.13. The van der Waals surface area contributed by atoms with Crippen LogP contribution in [0.3, 0.4) is 0 Å². The molecular formula is C21H31NO2. The molecule has 3 heteroatoms. The van der Waals surface area contributed by atoms with Crippen LogP contribution < -0.4 is 4.74 Å². The van der Waals surface area contributed by atoms with Crippen molar-refractivity contribution in [2.75, 3.05) is 7.05 Å². The first-order valence-electron chi connectivity index (χ1n) is 9.73. The Morgan fingerprint density at radius 3 is 2.54 bits per heavy atom. The molecule has 0 N–H and O–H groups in total. The quantitative estimate of drug-likeness (QED) is 0.755. The zero-order chi connectivity index (χ0) is 16.8. The fourth-order valence-corrected chi connectivity index (χ4v) is 4.07. The van der Waals surface area contributed by atoms with Crippen molar-refractivity contribution in [3.63, 3.8) is 0 Å². The lowest BCUT2D eigenvalue weighted by atomic mass is 9.94. The number of carbonyl (C=O) groups is 1. The van der Waals surface area contributed by atoms with Crippen LogP contribution in [0.25, 0.3) is 0 Å². The number of rotatable bonds is 6. The zero-order valence-electron chi connectivity index (χ0n) is 15.0. The smallest absolute Gasteiger partial charge is 0.222 e. The molecular weight excluding hydrogens is 298 g/mol. The zero-order valence-corrected chi connectivity index (χ0v) is 15.0. The largest absolute Gasteiger partial charge is 0.490 e. The normalized spacial score (nSPS) is 19.4. The molecule has 0 radical (unpaired) electrons. The molecule has 0 heterocycles. The van der Waals surface area contributed by atoms with Gasteiger partial charge in [-0.3, -0.25) is 4.79 Å². The average molecular weight is 329 g/mol. The van der Waals surface area contributed by atoms with E-state index in [1.807, 2.05) is 18.0 Å². The summed E-state index contributed by atoms with van der Waals surface area (Å²) in [6, 6.07) is 8.78. The summed E-state index contributed by atoms with van der Waals surface area (Å²) in [5.74, 6) is 1.25. The number of benzene rings is 1. The molecule has 0 spiro atoms. The van der Waals surface area contributed by atoms with E-state index in [1.54, 1.807) is 0 Å². The van der Waals surface area contributed by atoms with Crippen molar-refractivity contribution in [1.82, 2.24) is 4.90 Å². The number of aryl methyl sites for hydroxylation is 1. The Morgan fingerprint density at radius 1 is 1.08 bits per heavy atom. The lowest BCUT2D eigenvalue weighted by Gasteiger charge is -2.31. The molecule has 0 bridgehead atoms. The van der Waals surface area contributed by atoms with Crippen molar-refractivity contribution in [2.45, 2.75) is 82.8 Å². The van der Waals surface area contributed by atoms with Crippen LogP contribution in [0, 0.1) is 0 Å². The molecule has 1 aromatic rings. The van der Waals surface area contributed by atoms with Crippen LogP contribution in [0.2, 0.25) is 0 Å². The van der Waals surface area contributed by atoms with Crippen LogP contribution in [-0.4, -0.2) is 30.0 Å². The summed E-state index contributed by atoms with van der Waals surface area (Å²) >= 11 is 0. The summed E-state index contributed by atoms with van der Waals surface area (Å²) in [6.45, 7) is 0. The highest BCUT2D eigenvalue weighted by atomic mass is 16.5. The number of hydrogen-bond donors (Lipinski definition) is 0. The van der Waals surface area contributed by atoms with Crippen LogP contribution in [0.1, 0.15) is 69.8 Å². The summed E-state index contributed by atoms with van der Waals surface area (Å²) < 4.78 is 6.07. The fourth-order valence-electron chi connectivity index (χ4n) is 4.07. The molecule has 2 fully saturated rings. The van der Waals surface area contributed by atoms with E-state index in [9.17, 15) is 4.79 Å². The molecule has 0 atom stereocenters. The number of ether oxygens (including phenoxy) is 1. The standard InChI is InChI=1S/C21H31NO2/c1-22(18-9-3-2-4-10-18)21(23)15-14-17-8-7-13-20(16-17)24-19-11-5-6-12-19/h7-8,13,16,18-19H,2-6,9-12,14-15H2,1H3. The van der Waals surface area contributed by atoms with E-state index in [1.165, 1.54) is 63.4 Å². The molecule has 3 rings (SSSR count). The predicted molar refractivity (Wildman–Crippen MR) is 97.3 cm³/mol. The Bertz CT molecular complexity index is 530. The predicted octanol–water partition coefficient (Wildman–Crippen LogP) is 4.73. The third-order valence-electron chi connectivity index (χ3n) is 5.65. The van der Waals surface area contributed by atoms with Gasteiger partial charge in [0.15, 0.2) is 0 Å². The van der Waals surface area contributed by atoms with Gasteiger partial charge in [0.25, 0.3) is 0 Å². The first-order valence-corrected chi connectivity index (χ1v) is 9.73. The van der Waals surface area contributed by atoms with E-state index in [0.29, 0.717) is 18.6 Å². The maximum Gasteiger partial charge on any atom is 0.222 e. The van der Waals surface area contributed by atoms with Crippen LogP contribution in [0.15, 0.2) is 24.3 Å². The Balaban J connectivity index is 1.49. The fraction of sp³-hybridized carbons (Fsp3) is 0.667. The maximum atomic E-state index is 12.5. The highest BCUT2D eigenvalue weighted by Crippen LogP contribution is 2.25. The van der Waals surface area contributed by atoms with Gasteiger partial charge in [0.05, 0.1) is 6.10 Å². The second-order valence-corrected chi connectivity index (χ2v) is 7.47. The number of nitrogens with zero attached hydrogens (tertiary/aromatic N) is 1. The van der Waals surface area contributed by atoms with Gasteiger partial charge < -0.3 is 9.64 Å². The molecule has 2 saturated carbocycles. The van der Waals surface area contributed by atoms with Crippen molar-refractivity contribution in [3.05, 3.63) is 29.8 Å². The van der Waals surface area contributed by atoms with Gasteiger partial charge in [-0.2, -0.15) is 0 Å². The number of carbonyl (C=O) groups excluding carboxylic acids is 1. The van der Waals surface area contributed by atoms with Gasteiger partial charge in [-0.15, -0.1) is 0 Å². The van der Waals surface area contributed by atoms with E-state index in [2.05, 4.69) is 18.2 Å². The molecule has 0 aromatic heterocycles. The van der Waals surface area contributed by atoms with E-state index in [4.69, 9.17) is 4.74 Å². The van der Waals surface area contributed by atoms with Gasteiger partial charge in [0.2, 0.25) is 5.91 Å². The van der Waals surface area contributed by atoms with E-state index in [0.717, 1.165) is 12.2 Å². The van der Waals surface area contributed by atoms with Crippen molar-refractivity contribution in [3.8, 4) is 5.75 Å². The minimum absolute atomic E-state index is 0.281.